The largest absolute Gasteiger partial charge is 0.296 e. The molecule has 0 aromatic heterocycles. The second-order valence-corrected chi connectivity index (χ2v) is 6.92. The van der Waals surface area contributed by atoms with E-state index in [0.717, 1.165) is 11.1 Å². The molecule has 2 fully saturated rings. The SMILES string of the molecule is O=C1NC(=O)[C@@H]2[C@@H]1[C@H]1c3ccccc3C=NN1[C@H]2C(=O)c1ccc(F)cc1. The molecule has 3 heterocycles. The lowest BCUT2D eigenvalue weighted by Crippen LogP contribution is -2.43. The van der Waals surface area contributed by atoms with E-state index >= 15 is 0 Å². The van der Waals surface area contributed by atoms with Gasteiger partial charge >= 0.3 is 0 Å². The maximum atomic E-state index is 13.2. The highest BCUT2D eigenvalue weighted by Gasteiger charge is 2.62. The van der Waals surface area contributed by atoms with Crippen LogP contribution in [0.3, 0.4) is 0 Å². The van der Waals surface area contributed by atoms with Crippen molar-refractivity contribution in [2.24, 2.45) is 16.9 Å². The molecule has 4 atom stereocenters. The highest BCUT2D eigenvalue weighted by Crippen LogP contribution is 2.50. The summed E-state index contributed by atoms with van der Waals surface area (Å²) in [7, 11) is 0. The quantitative estimate of drug-likeness (QED) is 0.650. The van der Waals surface area contributed by atoms with Gasteiger partial charge in [-0.1, -0.05) is 24.3 Å². The predicted octanol–water partition coefficient (Wildman–Crippen LogP) is 1.67. The third-order valence-electron chi connectivity index (χ3n) is 5.53. The summed E-state index contributed by atoms with van der Waals surface area (Å²) in [4.78, 5) is 38.2. The lowest BCUT2D eigenvalue weighted by atomic mass is 9.83. The first-order valence-corrected chi connectivity index (χ1v) is 8.62. The molecule has 1 N–H and O–H groups in total. The first kappa shape index (κ1) is 15.9. The number of benzene rings is 2. The van der Waals surface area contributed by atoms with Gasteiger partial charge in [0.2, 0.25) is 11.8 Å². The smallest absolute Gasteiger partial charge is 0.233 e. The van der Waals surface area contributed by atoms with Gasteiger partial charge in [-0.2, -0.15) is 5.10 Å². The number of fused-ring (bicyclic) bond motifs is 5. The zero-order valence-electron chi connectivity index (χ0n) is 14.0. The van der Waals surface area contributed by atoms with Crippen molar-refractivity contribution in [1.82, 2.24) is 10.3 Å². The molecule has 3 aliphatic heterocycles. The predicted molar refractivity (Wildman–Crippen MR) is 93.3 cm³/mol. The number of hydrazone groups is 1. The van der Waals surface area contributed by atoms with Gasteiger partial charge in [-0.25, -0.2) is 4.39 Å². The zero-order valence-corrected chi connectivity index (χ0v) is 14.0. The number of halogens is 1. The normalized spacial score (nSPS) is 27.8. The monoisotopic (exact) mass is 363 g/mol. The van der Waals surface area contributed by atoms with E-state index in [1.165, 1.54) is 24.3 Å². The van der Waals surface area contributed by atoms with Crippen molar-refractivity contribution in [1.29, 1.82) is 0 Å². The fourth-order valence-corrected chi connectivity index (χ4v) is 4.37. The molecule has 134 valence electrons. The van der Waals surface area contributed by atoms with Gasteiger partial charge < -0.3 is 0 Å². The maximum Gasteiger partial charge on any atom is 0.233 e. The van der Waals surface area contributed by atoms with Gasteiger partial charge in [-0.15, -0.1) is 0 Å². The summed E-state index contributed by atoms with van der Waals surface area (Å²) >= 11 is 0. The maximum absolute atomic E-state index is 13.2. The van der Waals surface area contributed by atoms with Gasteiger partial charge in [0.15, 0.2) is 5.78 Å². The van der Waals surface area contributed by atoms with E-state index in [1.807, 2.05) is 24.3 Å². The highest BCUT2D eigenvalue weighted by atomic mass is 19.1. The fourth-order valence-electron chi connectivity index (χ4n) is 4.37. The van der Waals surface area contributed by atoms with Crippen molar-refractivity contribution >= 4 is 23.8 Å². The molecule has 7 heteroatoms. The summed E-state index contributed by atoms with van der Waals surface area (Å²) in [5.74, 6) is -3.18. The lowest BCUT2D eigenvalue weighted by Gasteiger charge is -2.32. The molecule has 0 unspecified atom stereocenters. The van der Waals surface area contributed by atoms with Crippen molar-refractivity contribution in [2.75, 3.05) is 0 Å². The van der Waals surface area contributed by atoms with Crippen LogP contribution in [0, 0.1) is 17.7 Å². The van der Waals surface area contributed by atoms with Crippen LogP contribution in [0.5, 0.6) is 0 Å². The molecule has 6 nitrogen and oxygen atoms in total. The van der Waals surface area contributed by atoms with E-state index in [0.29, 0.717) is 0 Å². The zero-order chi connectivity index (χ0) is 18.7. The lowest BCUT2D eigenvalue weighted by molar-refractivity contribution is -0.127. The Morgan fingerprint density at radius 2 is 1.70 bits per heavy atom. The van der Waals surface area contributed by atoms with E-state index in [9.17, 15) is 18.8 Å². The van der Waals surface area contributed by atoms with E-state index in [1.54, 1.807) is 11.2 Å². The van der Waals surface area contributed by atoms with Crippen molar-refractivity contribution in [2.45, 2.75) is 12.1 Å². The minimum Gasteiger partial charge on any atom is -0.296 e. The molecule has 2 aromatic carbocycles. The molecule has 2 saturated heterocycles. The van der Waals surface area contributed by atoms with E-state index in [4.69, 9.17) is 0 Å². The highest BCUT2D eigenvalue weighted by molar-refractivity contribution is 6.12. The van der Waals surface area contributed by atoms with Crippen LogP contribution in [0.1, 0.15) is 27.5 Å². The average Bonchev–Trinajstić information content (AvgIpc) is 3.17. The van der Waals surface area contributed by atoms with Crippen LogP contribution in [0.25, 0.3) is 0 Å². The molecule has 0 saturated carbocycles. The van der Waals surface area contributed by atoms with Gasteiger partial charge in [0.1, 0.15) is 11.9 Å². The number of ketones is 1. The van der Waals surface area contributed by atoms with E-state index < -0.39 is 35.6 Å². The second-order valence-electron chi connectivity index (χ2n) is 6.92. The molecule has 2 aromatic rings. The Hall–Kier alpha value is -3.35. The molecular formula is C20H14FN3O3. The molecular weight excluding hydrogens is 349 g/mol. The van der Waals surface area contributed by atoms with Gasteiger partial charge in [-0.05, 0) is 35.4 Å². The third-order valence-corrected chi connectivity index (χ3v) is 5.53. The van der Waals surface area contributed by atoms with Crippen LogP contribution in [0.15, 0.2) is 53.6 Å². The summed E-state index contributed by atoms with van der Waals surface area (Å²) in [6, 6.07) is 11.3. The van der Waals surface area contributed by atoms with Gasteiger partial charge in [0.05, 0.1) is 24.1 Å². The molecule has 5 rings (SSSR count). The molecule has 27 heavy (non-hydrogen) atoms. The van der Waals surface area contributed by atoms with E-state index in [-0.39, 0.29) is 17.3 Å². The van der Waals surface area contributed by atoms with Crippen molar-refractivity contribution < 1.29 is 18.8 Å². The van der Waals surface area contributed by atoms with Crippen molar-refractivity contribution in [3.8, 4) is 0 Å². The Morgan fingerprint density at radius 3 is 2.48 bits per heavy atom. The summed E-state index contributed by atoms with van der Waals surface area (Å²) in [6.07, 6.45) is 1.64. The number of hydrogen-bond donors (Lipinski definition) is 1. The molecule has 0 bridgehead atoms. The van der Waals surface area contributed by atoms with Gasteiger partial charge in [0.25, 0.3) is 0 Å². The fraction of sp³-hybridized carbons (Fsp3) is 0.200. The van der Waals surface area contributed by atoms with Crippen LogP contribution < -0.4 is 5.32 Å². The minimum absolute atomic E-state index is 0.280. The average molecular weight is 363 g/mol. The first-order chi connectivity index (χ1) is 13.1. The number of amides is 2. The van der Waals surface area contributed by atoms with Crippen molar-refractivity contribution in [3.63, 3.8) is 0 Å². The standard InChI is InChI=1S/C20H14FN3O3/c21-12-7-5-10(6-8-12)18(25)17-15-14(19(26)23-20(15)27)16-13-4-2-1-3-11(13)9-22-24(16)17/h1-9,14-17H,(H,23,26,27)/t14-,15-,16-,17-/m1/s1. The second kappa shape index (κ2) is 5.57. The molecule has 0 spiro atoms. The number of nitrogens with one attached hydrogen (secondary N) is 1. The topological polar surface area (TPSA) is 78.8 Å². The van der Waals surface area contributed by atoms with Gasteiger partial charge in [-0.3, -0.25) is 24.7 Å². The van der Waals surface area contributed by atoms with Crippen LogP contribution in [-0.4, -0.2) is 34.9 Å². The molecule has 0 aliphatic carbocycles. The molecule has 0 radical (unpaired) electrons. The minimum atomic E-state index is -0.915. The Balaban J connectivity index is 1.64. The summed E-state index contributed by atoms with van der Waals surface area (Å²) in [6.45, 7) is 0. The Labute approximate surface area is 153 Å². The van der Waals surface area contributed by atoms with Crippen LogP contribution in [0.2, 0.25) is 0 Å². The van der Waals surface area contributed by atoms with Crippen LogP contribution >= 0.6 is 0 Å². The number of carbonyl (C=O) groups is 3. The first-order valence-electron chi connectivity index (χ1n) is 8.62. The molecule has 3 aliphatic rings. The number of imide groups is 1. The summed E-state index contributed by atoms with van der Waals surface area (Å²) < 4.78 is 13.2. The van der Waals surface area contributed by atoms with Gasteiger partial charge in [0, 0.05) is 5.56 Å². The molecule has 2 amide bonds. The van der Waals surface area contributed by atoms with Crippen molar-refractivity contribution in [3.05, 3.63) is 71.0 Å². The third kappa shape index (κ3) is 2.17. The number of rotatable bonds is 2. The Morgan fingerprint density at radius 1 is 1.00 bits per heavy atom. The van der Waals surface area contributed by atoms with Crippen LogP contribution in [-0.2, 0) is 9.59 Å². The summed E-state index contributed by atoms with van der Waals surface area (Å²) in [5.41, 5.74) is 2.00. The number of hydrogen-bond acceptors (Lipinski definition) is 5. The summed E-state index contributed by atoms with van der Waals surface area (Å²) in [5, 5.41) is 8.34. The Bertz CT molecular complexity index is 1020. The van der Waals surface area contributed by atoms with E-state index in [2.05, 4.69) is 10.4 Å². The number of nitrogens with zero attached hydrogens (tertiary/aromatic N) is 2. The number of carbonyl (C=O) groups excluding carboxylic acids is 3. The number of Topliss-reactive ketones (excluding diaryl/α,β-unsaturated/α-hetero) is 1. The van der Waals surface area contributed by atoms with Crippen LogP contribution in [0.4, 0.5) is 4.39 Å². The Kier molecular flexibility index (Phi) is 3.28.